The number of rotatable bonds is 4. The molecule has 1 amide bonds. The number of carbonyl (C=O) groups is 1. The van der Waals surface area contributed by atoms with Crippen molar-refractivity contribution in [1.82, 2.24) is 9.62 Å². The van der Waals surface area contributed by atoms with E-state index < -0.39 is 10.0 Å². The van der Waals surface area contributed by atoms with Crippen molar-refractivity contribution in [3.8, 4) is 0 Å². The molecular weight excluding hydrogens is 324 g/mol. The second-order valence-electron chi connectivity index (χ2n) is 5.87. The fourth-order valence-electron chi connectivity index (χ4n) is 2.79. The zero-order valence-electron chi connectivity index (χ0n) is 12.8. The Morgan fingerprint density at radius 2 is 1.86 bits per heavy atom. The van der Waals surface area contributed by atoms with Crippen LogP contribution < -0.4 is 4.72 Å². The van der Waals surface area contributed by atoms with Crippen molar-refractivity contribution in [3.05, 3.63) is 29.3 Å². The summed E-state index contributed by atoms with van der Waals surface area (Å²) < 4.78 is 27.5. The number of benzene rings is 1. The van der Waals surface area contributed by atoms with Gasteiger partial charge in [-0.15, -0.1) is 0 Å². The van der Waals surface area contributed by atoms with E-state index in [2.05, 4.69) is 4.72 Å². The lowest BCUT2D eigenvalue weighted by molar-refractivity contribution is -0.134. The molecule has 1 N–H and O–H groups in total. The normalized spacial score (nSPS) is 22.3. The Morgan fingerprint density at radius 3 is 2.45 bits per heavy atom. The fourth-order valence-corrected chi connectivity index (χ4v) is 4.20. The zero-order chi connectivity index (χ0) is 16.3. The first kappa shape index (κ1) is 17.2. The van der Waals surface area contributed by atoms with E-state index in [0.29, 0.717) is 11.4 Å². The first-order valence-corrected chi connectivity index (χ1v) is 9.15. The summed E-state index contributed by atoms with van der Waals surface area (Å²) in [5.74, 6) is -0.0444. The molecule has 0 saturated heterocycles. The molecule has 22 heavy (non-hydrogen) atoms. The van der Waals surface area contributed by atoms with Crippen LogP contribution in [0.2, 0.25) is 5.02 Å². The third-order valence-electron chi connectivity index (χ3n) is 3.91. The van der Waals surface area contributed by atoms with Crippen molar-refractivity contribution >= 4 is 27.5 Å². The molecular formula is C15H21ClN2O3S. The molecule has 0 bridgehead atoms. The third kappa shape index (κ3) is 4.21. The summed E-state index contributed by atoms with van der Waals surface area (Å²) in [6.07, 6.45) is 2.96. The second kappa shape index (κ2) is 6.98. The zero-order valence-corrected chi connectivity index (χ0v) is 14.3. The number of halogens is 1. The minimum Gasteiger partial charge on any atom is -0.349 e. The topological polar surface area (TPSA) is 66.5 Å². The monoisotopic (exact) mass is 344 g/mol. The van der Waals surface area contributed by atoms with Crippen LogP contribution in [0.5, 0.6) is 0 Å². The SMILES string of the molecule is CN(C)C(=O)C1CCCC(NS(=O)(=O)c2ccc(Cl)cc2)C1. The summed E-state index contributed by atoms with van der Waals surface area (Å²) in [6, 6.07) is 5.86. The van der Waals surface area contributed by atoms with E-state index >= 15 is 0 Å². The van der Waals surface area contributed by atoms with Gasteiger partial charge >= 0.3 is 0 Å². The largest absolute Gasteiger partial charge is 0.349 e. The highest BCUT2D eigenvalue weighted by Gasteiger charge is 2.30. The van der Waals surface area contributed by atoms with Crippen molar-refractivity contribution in [1.29, 1.82) is 0 Å². The summed E-state index contributed by atoms with van der Waals surface area (Å²) in [5, 5.41) is 0.494. The van der Waals surface area contributed by atoms with Crippen molar-refractivity contribution in [3.63, 3.8) is 0 Å². The van der Waals surface area contributed by atoms with Gasteiger partial charge in [0.15, 0.2) is 0 Å². The molecule has 1 aromatic rings. The molecule has 0 heterocycles. The number of nitrogens with one attached hydrogen (secondary N) is 1. The number of hydrogen-bond donors (Lipinski definition) is 1. The van der Waals surface area contributed by atoms with Crippen molar-refractivity contribution < 1.29 is 13.2 Å². The van der Waals surface area contributed by atoms with E-state index in [1.165, 1.54) is 12.1 Å². The van der Waals surface area contributed by atoms with E-state index in [1.807, 2.05) is 0 Å². The third-order valence-corrected chi connectivity index (χ3v) is 5.70. The van der Waals surface area contributed by atoms with Gasteiger partial charge in [0.05, 0.1) is 4.90 Å². The number of carbonyl (C=O) groups excluding carboxylic acids is 1. The van der Waals surface area contributed by atoms with Crippen LogP contribution in [0.1, 0.15) is 25.7 Å². The van der Waals surface area contributed by atoms with E-state index in [0.717, 1.165) is 19.3 Å². The number of sulfonamides is 1. The highest BCUT2D eigenvalue weighted by molar-refractivity contribution is 7.89. The molecule has 122 valence electrons. The number of amides is 1. The molecule has 0 spiro atoms. The Hall–Kier alpha value is -1.11. The summed E-state index contributed by atoms with van der Waals surface area (Å²) in [4.78, 5) is 13.8. The maximum absolute atomic E-state index is 12.4. The van der Waals surface area contributed by atoms with E-state index in [1.54, 1.807) is 31.1 Å². The Labute approximate surface area is 136 Å². The minimum absolute atomic E-state index is 0.0652. The van der Waals surface area contributed by atoms with Crippen LogP contribution in [-0.4, -0.2) is 39.4 Å². The van der Waals surface area contributed by atoms with Gasteiger partial charge in [-0.25, -0.2) is 13.1 Å². The fraction of sp³-hybridized carbons (Fsp3) is 0.533. The second-order valence-corrected chi connectivity index (χ2v) is 8.02. The number of nitrogens with zero attached hydrogens (tertiary/aromatic N) is 1. The van der Waals surface area contributed by atoms with Gasteiger partial charge in [-0.2, -0.15) is 0 Å². The summed E-state index contributed by atoms with van der Waals surface area (Å²) in [7, 11) is -0.128. The lowest BCUT2D eigenvalue weighted by Crippen LogP contribution is -2.42. The van der Waals surface area contributed by atoms with Gasteiger partial charge in [-0.05, 0) is 43.5 Å². The highest BCUT2D eigenvalue weighted by Crippen LogP contribution is 2.27. The lowest BCUT2D eigenvalue weighted by Gasteiger charge is -2.30. The Kier molecular flexibility index (Phi) is 5.47. The van der Waals surface area contributed by atoms with Crippen molar-refractivity contribution in [2.45, 2.75) is 36.6 Å². The van der Waals surface area contributed by atoms with Crippen molar-refractivity contribution in [2.24, 2.45) is 5.92 Å². The predicted molar refractivity (Wildman–Crippen MR) is 86.2 cm³/mol. The average molecular weight is 345 g/mol. The van der Waals surface area contributed by atoms with Gasteiger partial charge in [-0.1, -0.05) is 18.0 Å². The molecule has 2 atom stereocenters. The molecule has 1 aliphatic rings. The Bertz CT molecular complexity index is 629. The quantitative estimate of drug-likeness (QED) is 0.911. The smallest absolute Gasteiger partial charge is 0.240 e. The van der Waals surface area contributed by atoms with Crippen LogP contribution in [0.25, 0.3) is 0 Å². The van der Waals surface area contributed by atoms with Crippen LogP contribution in [0.4, 0.5) is 0 Å². The molecule has 1 fully saturated rings. The van der Waals surface area contributed by atoms with E-state index in [4.69, 9.17) is 11.6 Å². The molecule has 0 radical (unpaired) electrons. The minimum atomic E-state index is -3.58. The molecule has 0 aromatic heterocycles. The standard InChI is InChI=1S/C15H21ClN2O3S/c1-18(2)15(19)11-4-3-5-13(10-11)17-22(20,21)14-8-6-12(16)7-9-14/h6-9,11,13,17H,3-5,10H2,1-2H3. The van der Waals surface area contributed by atoms with E-state index in [-0.39, 0.29) is 22.8 Å². The molecule has 5 nitrogen and oxygen atoms in total. The first-order chi connectivity index (χ1) is 10.3. The molecule has 1 aliphatic carbocycles. The average Bonchev–Trinajstić information content (AvgIpc) is 2.46. The molecule has 2 unspecified atom stereocenters. The van der Waals surface area contributed by atoms with Gasteiger partial charge < -0.3 is 4.90 Å². The van der Waals surface area contributed by atoms with Gasteiger partial charge in [0.2, 0.25) is 15.9 Å². The summed E-state index contributed by atoms with van der Waals surface area (Å²) >= 11 is 5.78. The van der Waals surface area contributed by atoms with Crippen LogP contribution in [0, 0.1) is 5.92 Å². The van der Waals surface area contributed by atoms with Gasteiger partial charge in [0.1, 0.15) is 0 Å². The maximum atomic E-state index is 12.4. The Balaban J connectivity index is 2.06. The van der Waals surface area contributed by atoms with Crippen LogP contribution in [-0.2, 0) is 14.8 Å². The van der Waals surface area contributed by atoms with Crippen LogP contribution in [0.3, 0.4) is 0 Å². The highest BCUT2D eigenvalue weighted by atomic mass is 35.5. The molecule has 1 aromatic carbocycles. The molecule has 1 saturated carbocycles. The Morgan fingerprint density at radius 1 is 1.23 bits per heavy atom. The van der Waals surface area contributed by atoms with Crippen LogP contribution >= 0.6 is 11.6 Å². The van der Waals surface area contributed by atoms with Crippen molar-refractivity contribution in [2.75, 3.05) is 14.1 Å². The molecule has 7 heteroatoms. The van der Waals surface area contributed by atoms with Crippen LogP contribution in [0.15, 0.2) is 29.2 Å². The first-order valence-electron chi connectivity index (χ1n) is 7.28. The van der Waals surface area contributed by atoms with Gasteiger partial charge in [0.25, 0.3) is 0 Å². The molecule has 0 aliphatic heterocycles. The lowest BCUT2D eigenvalue weighted by atomic mass is 9.85. The van der Waals surface area contributed by atoms with E-state index in [9.17, 15) is 13.2 Å². The molecule has 2 rings (SSSR count). The van der Waals surface area contributed by atoms with Gasteiger partial charge in [0, 0.05) is 31.1 Å². The summed E-state index contributed by atoms with van der Waals surface area (Å²) in [5.41, 5.74) is 0. The predicted octanol–water partition coefficient (Wildman–Crippen LogP) is 2.27. The maximum Gasteiger partial charge on any atom is 0.240 e. The number of hydrogen-bond acceptors (Lipinski definition) is 3. The van der Waals surface area contributed by atoms with Gasteiger partial charge in [-0.3, -0.25) is 4.79 Å². The summed E-state index contributed by atoms with van der Waals surface area (Å²) in [6.45, 7) is 0.